The molecule has 2 amide bonds. The summed E-state index contributed by atoms with van der Waals surface area (Å²) in [5.74, 6) is -1.35. The van der Waals surface area contributed by atoms with Crippen LogP contribution >= 0.6 is 0 Å². The maximum atomic E-state index is 12.8. The van der Waals surface area contributed by atoms with Gasteiger partial charge < -0.3 is 10.4 Å². The van der Waals surface area contributed by atoms with Crippen molar-refractivity contribution in [2.24, 2.45) is 0 Å². The second-order valence-electron chi connectivity index (χ2n) is 4.17. The Morgan fingerprint density at radius 2 is 1.95 bits per heavy atom. The number of hydrogen-bond acceptors (Lipinski definition) is 2. The standard InChI is InChI=1S/C13H17FN2O3/c1-3-16(11-6-4-10(14)5-7-11)13(19)15-9(2)8-12(17)18/h4-7,9H,3,8H2,1-2H3,(H,15,19)(H,17,18). The van der Waals surface area contributed by atoms with Gasteiger partial charge in [0.2, 0.25) is 0 Å². The molecule has 0 saturated heterocycles. The Kier molecular flexibility index (Phi) is 5.29. The fraction of sp³-hybridized carbons (Fsp3) is 0.385. The van der Waals surface area contributed by atoms with Crippen LogP contribution in [0.1, 0.15) is 20.3 Å². The molecule has 5 nitrogen and oxygen atoms in total. The van der Waals surface area contributed by atoms with Gasteiger partial charge in [0.05, 0.1) is 6.42 Å². The molecule has 0 aliphatic heterocycles. The first-order valence-corrected chi connectivity index (χ1v) is 5.99. The molecule has 0 bridgehead atoms. The van der Waals surface area contributed by atoms with Crippen molar-refractivity contribution in [1.29, 1.82) is 0 Å². The first kappa shape index (κ1) is 14.9. The highest BCUT2D eigenvalue weighted by Crippen LogP contribution is 2.14. The van der Waals surface area contributed by atoms with Gasteiger partial charge in [-0.3, -0.25) is 9.69 Å². The molecule has 0 saturated carbocycles. The maximum absolute atomic E-state index is 12.8. The lowest BCUT2D eigenvalue weighted by atomic mass is 10.2. The molecule has 6 heteroatoms. The quantitative estimate of drug-likeness (QED) is 0.860. The van der Waals surface area contributed by atoms with E-state index in [0.717, 1.165) is 0 Å². The molecule has 104 valence electrons. The van der Waals surface area contributed by atoms with Gasteiger partial charge in [-0.2, -0.15) is 0 Å². The molecule has 0 aliphatic rings. The Morgan fingerprint density at radius 3 is 2.42 bits per heavy atom. The molecule has 19 heavy (non-hydrogen) atoms. The van der Waals surface area contributed by atoms with E-state index in [0.29, 0.717) is 12.2 Å². The summed E-state index contributed by atoms with van der Waals surface area (Å²) in [5.41, 5.74) is 0.559. The first-order valence-electron chi connectivity index (χ1n) is 5.99. The fourth-order valence-corrected chi connectivity index (χ4v) is 1.67. The largest absolute Gasteiger partial charge is 0.481 e. The third-order valence-electron chi connectivity index (χ3n) is 2.55. The van der Waals surface area contributed by atoms with Gasteiger partial charge in [-0.1, -0.05) is 0 Å². The Hall–Kier alpha value is -2.11. The average Bonchev–Trinajstić information content (AvgIpc) is 2.31. The van der Waals surface area contributed by atoms with Crippen molar-refractivity contribution in [3.63, 3.8) is 0 Å². The lowest BCUT2D eigenvalue weighted by Crippen LogP contribution is -2.44. The molecule has 2 N–H and O–H groups in total. The van der Waals surface area contributed by atoms with Crippen molar-refractivity contribution < 1.29 is 19.1 Å². The molecule has 1 atom stereocenters. The summed E-state index contributed by atoms with van der Waals surface area (Å²) in [6, 6.07) is 4.67. The van der Waals surface area contributed by atoms with Gasteiger partial charge in [0, 0.05) is 18.3 Å². The van der Waals surface area contributed by atoms with E-state index in [1.165, 1.54) is 29.2 Å². The molecule has 0 heterocycles. The van der Waals surface area contributed by atoms with Crippen LogP contribution in [0.3, 0.4) is 0 Å². The van der Waals surface area contributed by atoms with Crippen LogP contribution in [0.15, 0.2) is 24.3 Å². The van der Waals surface area contributed by atoms with Gasteiger partial charge in [0.15, 0.2) is 0 Å². The summed E-state index contributed by atoms with van der Waals surface area (Å²) in [6.45, 7) is 3.80. The topological polar surface area (TPSA) is 69.6 Å². The summed E-state index contributed by atoms with van der Waals surface area (Å²) in [4.78, 5) is 23.9. The van der Waals surface area contributed by atoms with Gasteiger partial charge in [0.25, 0.3) is 0 Å². The highest BCUT2D eigenvalue weighted by atomic mass is 19.1. The maximum Gasteiger partial charge on any atom is 0.322 e. The zero-order valence-electron chi connectivity index (χ0n) is 10.9. The summed E-state index contributed by atoms with van der Waals surface area (Å²) in [7, 11) is 0. The SMILES string of the molecule is CCN(C(=O)NC(C)CC(=O)O)c1ccc(F)cc1. The number of carboxylic acid groups (broad SMARTS) is 1. The van der Waals surface area contributed by atoms with Crippen LogP contribution in [-0.2, 0) is 4.79 Å². The van der Waals surface area contributed by atoms with Crippen molar-refractivity contribution in [1.82, 2.24) is 5.32 Å². The average molecular weight is 268 g/mol. The van der Waals surface area contributed by atoms with E-state index in [2.05, 4.69) is 5.32 Å². The molecule has 0 aliphatic carbocycles. The van der Waals surface area contributed by atoms with Crippen molar-refractivity contribution in [2.75, 3.05) is 11.4 Å². The number of nitrogens with one attached hydrogen (secondary N) is 1. The van der Waals surface area contributed by atoms with Crippen LogP contribution in [-0.4, -0.2) is 29.7 Å². The molecule has 0 spiro atoms. The molecule has 1 aromatic rings. The van der Waals surface area contributed by atoms with E-state index < -0.39 is 18.0 Å². The predicted octanol–water partition coefficient (Wildman–Crippen LogP) is 2.22. The van der Waals surface area contributed by atoms with Crippen LogP contribution in [0.25, 0.3) is 0 Å². The number of hydrogen-bond donors (Lipinski definition) is 2. The lowest BCUT2D eigenvalue weighted by molar-refractivity contribution is -0.137. The number of carbonyl (C=O) groups is 2. The Labute approximate surface area is 111 Å². The van der Waals surface area contributed by atoms with E-state index in [4.69, 9.17) is 5.11 Å². The van der Waals surface area contributed by atoms with E-state index in [-0.39, 0.29) is 12.2 Å². The van der Waals surface area contributed by atoms with Gasteiger partial charge in [-0.25, -0.2) is 9.18 Å². The Balaban J connectivity index is 2.71. The lowest BCUT2D eigenvalue weighted by Gasteiger charge is -2.23. The number of benzene rings is 1. The number of anilines is 1. The highest BCUT2D eigenvalue weighted by Gasteiger charge is 2.17. The molecule has 1 aromatic carbocycles. The monoisotopic (exact) mass is 268 g/mol. The van der Waals surface area contributed by atoms with Gasteiger partial charge in [0.1, 0.15) is 5.82 Å². The Morgan fingerprint density at radius 1 is 1.37 bits per heavy atom. The number of halogens is 1. The molecular weight excluding hydrogens is 251 g/mol. The molecule has 1 unspecified atom stereocenters. The van der Waals surface area contributed by atoms with Gasteiger partial charge in [-0.15, -0.1) is 0 Å². The number of carboxylic acids is 1. The van der Waals surface area contributed by atoms with E-state index >= 15 is 0 Å². The first-order chi connectivity index (χ1) is 8.93. The van der Waals surface area contributed by atoms with Crippen molar-refractivity contribution in [2.45, 2.75) is 26.3 Å². The third kappa shape index (κ3) is 4.57. The zero-order valence-corrected chi connectivity index (χ0v) is 10.9. The summed E-state index contributed by atoms with van der Waals surface area (Å²) in [6.07, 6.45) is -0.146. The van der Waals surface area contributed by atoms with Crippen molar-refractivity contribution in [3.8, 4) is 0 Å². The molecular formula is C13H17FN2O3. The van der Waals surface area contributed by atoms with Crippen molar-refractivity contribution >= 4 is 17.7 Å². The fourth-order valence-electron chi connectivity index (χ4n) is 1.67. The number of rotatable bonds is 5. The van der Waals surface area contributed by atoms with Crippen molar-refractivity contribution in [3.05, 3.63) is 30.1 Å². The smallest absolute Gasteiger partial charge is 0.322 e. The third-order valence-corrected chi connectivity index (χ3v) is 2.55. The van der Waals surface area contributed by atoms with Crippen LogP contribution < -0.4 is 10.2 Å². The van der Waals surface area contributed by atoms with Gasteiger partial charge in [-0.05, 0) is 38.1 Å². The molecule has 0 radical (unpaired) electrons. The number of aliphatic carboxylic acids is 1. The number of amides is 2. The normalized spacial score (nSPS) is 11.7. The van der Waals surface area contributed by atoms with Crippen LogP contribution in [0.4, 0.5) is 14.9 Å². The second kappa shape index (κ2) is 6.72. The van der Waals surface area contributed by atoms with Crippen LogP contribution in [0.2, 0.25) is 0 Å². The predicted molar refractivity (Wildman–Crippen MR) is 69.7 cm³/mol. The van der Waals surface area contributed by atoms with Crippen LogP contribution in [0.5, 0.6) is 0 Å². The second-order valence-corrected chi connectivity index (χ2v) is 4.17. The number of urea groups is 1. The number of carbonyl (C=O) groups excluding carboxylic acids is 1. The zero-order chi connectivity index (χ0) is 14.4. The summed E-state index contributed by atoms with van der Waals surface area (Å²) < 4.78 is 12.8. The van der Waals surface area contributed by atoms with E-state index in [9.17, 15) is 14.0 Å². The summed E-state index contributed by atoms with van der Waals surface area (Å²) >= 11 is 0. The van der Waals surface area contributed by atoms with Gasteiger partial charge >= 0.3 is 12.0 Å². The molecule has 0 fully saturated rings. The molecule has 0 aromatic heterocycles. The minimum absolute atomic E-state index is 0.146. The minimum atomic E-state index is -0.974. The minimum Gasteiger partial charge on any atom is -0.481 e. The van der Waals surface area contributed by atoms with Crippen LogP contribution in [0, 0.1) is 5.82 Å². The van der Waals surface area contributed by atoms with E-state index in [1.54, 1.807) is 13.8 Å². The Bertz CT molecular complexity index is 448. The highest BCUT2D eigenvalue weighted by molar-refractivity contribution is 5.92. The molecule has 1 rings (SSSR count). The summed E-state index contributed by atoms with van der Waals surface area (Å²) in [5, 5.41) is 11.2. The number of nitrogens with zero attached hydrogens (tertiary/aromatic N) is 1. The van der Waals surface area contributed by atoms with E-state index in [1.807, 2.05) is 0 Å².